The van der Waals surface area contributed by atoms with Crippen LogP contribution in [0.4, 0.5) is 0 Å². The van der Waals surface area contributed by atoms with Crippen LogP contribution in [-0.4, -0.2) is 31.1 Å². The molecule has 1 aromatic rings. The summed E-state index contributed by atoms with van der Waals surface area (Å²) >= 11 is 0. The monoisotopic (exact) mass is 310 g/mol. The van der Waals surface area contributed by atoms with E-state index in [9.17, 15) is 4.79 Å². The third kappa shape index (κ3) is 3.46. The third-order valence-electron chi connectivity index (χ3n) is 4.93. The lowest BCUT2D eigenvalue weighted by atomic mass is 9.92. The summed E-state index contributed by atoms with van der Waals surface area (Å²) in [6.07, 6.45) is 6.59. The zero-order valence-corrected chi connectivity index (χ0v) is 13.4. The van der Waals surface area contributed by atoms with Crippen LogP contribution in [0.25, 0.3) is 0 Å². The highest BCUT2D eigenvalue weighted by Gasteiger charge is 2.41. The first-order valence-corrected chi connectivity index (χ1v) is 8.16. The largest absolute Gasteiger partial charge is 0.383 e. The number of rotatable bonds is 6. The van der Waals surface area contributed by atoms with Gasteiger partial charge in [-0.1, -0.05) is 24.3 Å². The highest BCUT2D eigenvalue weighted by molar-refractivity contribution is 5.80. The smallest absolute Gasteiger partial charge is 0.226 e. The number of allylic oxidation sites excluding steroid dienone is 2. The molecule has 23 heavy (non-hydrogen) atoms. The molecule has 1 fully saturated rings. The van der Waals surface area contributed by atoms with Crippen molar-refractivity contribution >= 4 is 5.91 Å². The molecule has 0 heterocycles. The normalized spacial score (nSPS) is 24.6. The SMILES string of the molecule is COCCN(Cc1ccc(C#N)cc1)C(=O)C1CC2C=CC1C2. The number of fused-ring (bicyclic) bond motifs is 2. The van der Waals surface area contributed by atoms with Gasteiger partial charge in [-0.15, -0.1) is 0 Å². The lowest BCUT2D eigenvalue weighted by Gasteiger charge is -2.28. The fourth-order valence-corrected chi connectivity index (χ4v) is 3.67. The molecule has 2 aliphatic carbocycles. The Kier molecular flexibility index (Phi) is 4.78. The zero-order valence-electron chi connectivity index (χ0n) is 13.4. The minimum absolute atomic E-state index is 0.125. The summed E-state index contributed by atoms with van der Waals surface area (Å²) in [6.45, 7) is 1.72. The molecule has 4 nitrogen and oxygen atoms in total. The Hall–Kier alpha value is -2.12. The molecule has 0 spiro atoms. The summed E-state index contributed by atoms with van der Waals surface area (Å²) < 4.78 is 5.17. The fourth-order valence-electron chi connectivity index (χ4n) is 3.67. The Bertz CT molecular complexity index is 630. The highest BCUT2D eigenvalue weighted by atomic mass is 16.5. The van der Waals surface area contributed by atoms with Crippen molar-refractivity contribution in [1.29, 1.82) is 5.26 Å². The van der Waals surface area contributed by atoms with E-state index >= 15 is 0 Å². The van der Waals surface area contributed by atoms with Gasteiger partial charge in [0.2, 0.25) is 5.91 Å². The van der Waals surface area contributed by atoms with Crippen molar-refractivity contribution in [2.75, 3.05) is 20.3 Å². The first-order valence-electron chi connectivity index (χ1n) is 8.16. The predicted octanol–water partition coefficient (Wildman–Crippen LogP) is 2.75. The van der Waals surface area contributed by atoms with Crippen molar-refractivity contribution in [2.45, 2.75) is 19.4 Å². The second-order valence-corrected chi connectivity index (χ2v) is 6.45. The Morgan fingerprint density at radius 3 is 2.65 bits per heavy atom. The van der Waals surface area contributed by atoms with Gasteiger partial charge in [0.1, 0.15) is 0 Å². The molecule has 2 aliphatic rings. The minimum atomic E-state index is 0.125. The number of methoxy groups -OCH3 is 1. The predicted molar refractivity (Wildman–Crippen MR) is 87.3 cm³/mol. The molecule has 2 bridgehead atoms. The van der Waals surface area contributed by atoms with Crippen LogP contribution in [0.15, 0.2) is 36.4 Å². The van der Waals surface area contributed by atoms with Gasteiger partial charge in [-0.25, -0.2) is 0 Å². The summed E-state index contributed by atoms with van der Waals surface area (Å²) in [5.41, 5.74) is 1.69. The Morgan fingerprint density at radius 2 is 2.09 bits per heavy atom. The van der Waals surface area contributed by atoms with Crippen molar-refractivity contribution in [3.05, 3.63) is 47.5 Å². The van der Waals surface area contributed by atoms with E-state index in [4.69, 9.17) is 10.00 Å². The molecule has 1 amide bonds. The van der Waals surface area contributed by atoms with Gasteiger partial charge in [0, 0.05) is 26.1 Å². The molecule has 0 aliphatic heterocycles. The van der Waals surface area contributed by atoms with Crippen LogP contribution in [0.3, 0.4) is 0 Å². The zero-order chi connectivity index (χ0) is 16.2. The molecule has 1 aromatic carbocycles. The summed E-state index contributed by atoms with van der Waals surface area (Å²) in [6, 6.07) is 9.57. The number of benzene rings is 1. The number of nitriles is 1. The maximum Gasteiger partial charge on any atom is 0.226 e. The Balaban J connectivity index is 1.70. The molecule has 120 valence electrons. The molecule has 4 heteroatoms. The number of nitrogens with zero attached hydrogens (tertiary/aromatic N) is 2. The van der Waals surface area contributed by atoms with Crippen LogP contribution in [0.1, 0.15) is 24.0 Å². The van der Waals surface area contributed by atoms with Crippen LogP contribution in [-0.2, 0) is 16.1 Å². The van der Waals surface area contributed by atoms with Crippen molar-refractivity contribution in [2.24, 2.45) is 17.8 Å². The van der Waals surface area contributed by atoms with E-state index in [-0.39, 0.29) is 11.8 Å². The van der Waals surface area contributed by atoms with Gasteiger partial charge in [-0.3, -0.25) is 4.79 Å². The van der Waals surface area contributed by atoms with Gasteiger partial charge >= 0.3 is 0 Å². The molecule has 3 unspecified atom stereocenters. The molecular formula is C19H22N2O2. The van der Waals surface area contributed by atoms with Crippen molar-refractivity contribution < 1.29 is 9.53 Å². The van der Waals surface area contributed by atoms with E-state index in [1.165, 1.54) is 0 Å². The van der Waals surface area contributed by atoms with E-state index < -0.39 is 0 Å². The van der Waals surface area contributed by atoms with Gasteiger partial charge in [0.05, 0.1) is 18.2 Å². The lowest BCUT2D eigenvalue weighted by molar-refractivity contribution is -0.137. The number of ether oxygens (including phenoxy) is 1. The molecule has 1 saturated carbocycles. The number of hydrogen-bond donors (Lipinski definition) is 0. The second kappa shape index (κ2) is 6.97. The maximum absolute atomic E-state index is 13.0. The molecule has 0 radical (unpaired) electrons. The van der Waals surface area contributed by atoms with E-state index in [1.54, 1.807) is 19.2 Å². The number of carbonyl (C=O) groups excluding carboxylic acids is 1. The average Bonchev–Trinajstić information content (AvgIpc) is 3.21. The summed E-state index contributed by atoms with van der Waals surface area (Å²) in [7, 11) is 1.66. The average molecular weight is 310 g/mol. The lowest BCUT2D eigenvalue weighted by Crippen LogP contribution is -2.39. The van der Waals surface area contributed by atoms with Crippen LogP contribution in [0.2, 0.25) is 0 Å². The summed E-state index contributed by atoms with van der Waals surface area (Å²) in [4.78, 5) is 14.9. The van der Waals surface area contributed by atoms with Gasteiger partial charge in [0.25, 0.3) is 0 Å². The molecule has 0 saturated heterocycles. The van der Waals surface area contributed by atoms with Crippen LogP contribution < -0.4 is 0 Å². The Labute approximate surface area is 137 Å². The number of carbonyl (C=O) groups is 1. The third-order valence-corrected chi connectivity index (χ3v) is 4.93. The van der Waals surface area contributed by atoms with Gasteiger partial charge < -0.3 is 9.64 Å². The van der Waals surface area contributed by atoms with Gasteiger partial charge in [-0.2, -0.15) is 5.26 Å². The van der Waals surface area contributed by atoms with Crippen LogP contribution >= 0.6 is 0 Å². The molecule has 3 atom stereocenters. The molecular weight excluding hydrogens is 288 g/mol. The first kappa shape index (κ1) is 15.8. The van der Waals surface area contributed by atoms with E-state index in [1.807, 2.05) is 17.0 Å². The van der Waals surface area contributed by atoms with Gasteiger partial charge in [0.15, 0.2) is 0 Å². The van der Waals surface area contributed by atoms with Gasteiger partial charge in [-0.05, 0) is 42.4 Å². The van der Waals surface area contributed by atoms with E-state index in [2.05, 4.69) is 18.2 Å². The first-order chi connectivity index (χ1) is 11.2. The van der Waals surface area contributed by atoms with Crippen LogP contribution in [0, 0.1) is 29.1 Å². The van der Waals surface area contributed by atoms with E-state index in [0.29, 0.717) is 37.1 Å². The summed E-state index contributed by atoms with van der Waals surface area (Å²) in [5, 5.41) is 8.88. The highest BCUT2D eigenvalue weighted by Crippen LogP contribution is 2.44. The number of amides is 1. The molecule has 3 rings (SSSR count). The standard InChI is InChI=1S/C19H22N2O2/c1-23-9-8-21(13-15-4-2-14(12-20)3-5-15)19(22)18-11-16-6-7-17(18)10-16/h2-7,16-18H,8-11,13H2,1H3. The van der Waals surface area contributed by atoms with Crippen molar-refractivity contribution in [3.63, 3.8) is 0 Å². The fraction of sp³-hybridized carbons (Fsp3) is 0.474. The van der Waals surface area contributed by atoms with Crippen molar-refractivity contribution in [1.82, 2.24) is 4.90 Å². The second-order valence-electron chi connectivity index (χ2n) is 6.45. The quantitative estimate of drug-likeness (QED) is 0.759. The topological polar surface area (TPSA) is 53.3 Å². The van der Waals surface area contributed by atoms with Crippen LogP contribution in [0.5, 0.6) is 0 Å². The van der Waals surface area contributed by atoms with Crippen molar-refractivity contribution in [3.8, 4) is 6.07 Å². The molecule has 0 N–H and O–H groups in total. The molecule has 0 aromatic heterocycles. The maximum atomic E-state index is 13.0. The number of hydrogen-bond acceptors (Lipinski definition) is 3. The van der Waals surface area contributed by atoms with E-state index in [0.717, 1.165) is 18.4 Å². The minimum Gasteiger partial charge on any atom is -0.383 e. The Morgan fingerprint density at radius 1 is 1.30 bits per heavy atom. The summed E-state index contributed by atoms with van der Waals surface area (Å²) in [5.74, 6) is 1.37.